The molecular formula is C19H25N3O2. The van der Waals surface area contributed by atoms with Crippen LogP contribution in [0.5, 0.6) is 5.75 Å². The molecule has 3 rings (SSSR count). The number of likely N-dealkylation sites (tertiary alicyclic amines) is 1. The van der Waals surface area contributed by atoms with Crippen LogP contribution < -0.4 is 4.74 Å². The number of carbonyl (C=O) groups excluding carboxylic acids is 1. The number of nitrogens with zero attached hydrogens (tertiary/aromatic N) is 3. The zero-order valence-electron chi connectivity index (χ0n) is 14.6. The fourth-order valence-electron chi connectivity index (χ4n) is 3.10. The standard InChI is InChI=1S/C19H25N3O2/c1-14-4-5-15(2)18(12-14)24-17-6-9-21(10-7-17)19(23)16(3)22-11-8-20-13-22/h4-5,8,11-13,16-17H,6-7,9-10H2,1-3H3. The number of aromatic nitrogens is 2. The summed E-state index contributed by atoms with van der Waals surface area (Å²) in [6.07, 6.45) is 7.15. The maximum absolute atomic E-state index is 12.6. The Morgan fingerprint density at radius 3 is 2.71 bits per heavy atom. The van der Waals surface area contributed by atoms with Crippen molar-refractivity contribution in [2.75, 3.05) is 13.1 Å². The van der Waals surface area contributed by atoms with Crippen LogP contribution in [0.4, 0.5) is 0 Å². The zero-order chi connectivity index (χ0) is 17.1. The van der Waals surface area contributed by atoms with Gasteiger partial charge in [-0.05, 0) is 38.0 Å². The average Bonchev–Trinajstić information content (AvgIpc) is 3.12. The lowest BCUT2D eigenvalue weighted by atomic mass is 10.1. The number of amides is 1. The second kappa shape index (κ2) is 7.07. The molecule has 1 amide bonds. The molecule has 0 saturated carbocycles. The van der Waals surface area contributed by atoms with E-state index in [-0.39, 0.29) is 18.1 Å². The number of hydrogen-bond donors (Lipinski definition) is 0. The molecule has 1 saturated heterocycles. The van der Waals surface area contributed by atoms with Gasteiger partial charge in [0, 0.05) is 38.3 Å². The molecule has 5 nitrogen and oxygen atoms in total. The van der Waals surface area contributed by atoms with Crippen molar-refractivity contribution in [2.45, 2.75) is 45.8 Å². The molecule has 1 aliphatic rings. The molecule has 0 spiro atoms. The molecule has 0 bridgehead atoms. The Morgan fingerprint density at radius 2 is 2.04 bits per heavy atom. The summed E-state index contributed by atoms with van der Waals surface area (Å²) >= 11 is 0. The lowest BCUT2D eigenvalue weighted by molar-refractivity contribution is -0.136. The number of aryl methyl sites for hydroxylation is 2. The van der Waals surface area contributed by atoms with Crippen molar-refractivity contribution < 1.29 is 9.53 Å². The molecule has 2 heterocycles. The first-order valence-corrected chi connectivity index (χ1v) is 8.54. The first-order valence-electron chi connectivity index (χ1n) is 8.54. The van der Waals surface area contributed by atoms with E-state index in [9.17, 15) is 4.79 Å². The molecule has 1 fully saturated rings. The summed E-state index contributed by atoms with van der Waals surface area (Å²) in [7, 11) is 0. The van der Waals surface area contributed by atoms with Crippen molar-refractivity contribution >= 4 is 5.91 Å². The molecule has 1 unspecified atom stereocenters. The van der Waals surface area contributed by atoms with Gasteiger partial charge in [0.15, 0.2) is 0 Å². The van der Waals surface area contributed by atoms with Crippen molar-refractivity contribution in [2.24, 2.45) is 0 Å². The van der Waals surface area contributed by atoms with Gasteiger partial charge >= 0.3 is 0 Å². The van der Waals surface area contributed by atoms with Crippen molar-refractivity contribution in [1.29, 1.82) is 0 Å². The van der Waals surface area contributed by atoms with E-state index >= 15 is 0 Å². The monoisotopic (exact) mass is 327 g/mol. The van der Waals surface area contributed by atoms with Crippen LogP contribution in [0.15, 0.2) is 36.9 Å². The van der Waals surface area contributed by atoms with Gasteiger partial charge in [-0.2, -0.15) is 0 Å². The summed E-state index contributed by atoms with van der Waals surface area (Å²) in [5, 5.41) is 0. The third-order valence-corrected chi connectivity index (χ3v) is 4.72. The Morgan fingerprint density at radius 1 is 1.29 bits per heavy atom. The highest BCUT2D eigenvalue weighted by atomic mass is 16.5. The van der Waals surface area contributed by atoms with Crippen LogP contribution in [-0.4, -0.2) is 39.6 Å². The summed E-state index contributed by atoms with van der Waals surface area (Å²) in [5.74, 6) is 1.12. The largest absolute Gasteiger partial charge is 0.490 e. The number of imidazole rings is 1. The Balaban J connectivity index is 1.56. The Hall–Kier alpha value is -2.30. The van der Waals surface area contributed by atoms with Crippen LogP contribution in [-0.2, 0) is 4.79 Å². The highest BCUT2D eigenvalue weighted by molar-refractivity contribution is 5.80. The molecule has 1 aliphatic heterocycles. The molecule has 5 heteroatoms. The van der Waals surface area contributed by atoms with Gasteiger partial charge in [0.2, 0.25) is 5.91 Å². The smallest absolute Gasteiger partial charge is 0.245 e. The molecule has 1 aromatic heterocycles. The van der Waals surface area contributed by atoms with E-state index in [1.165, 1.54) is 5.56 Å². The quantitative estimate of drug-likeness (QED) is 0.867. The third-order valence-electron chi connectivity index (χ3n) is 4.72. The van der Waals surface area contributed by atoms with Crippen LogP contribution >= 0.6 is 0 Å². The number of piperidine rings is 1. The maximum Gasteiger partial charge on any atom is 0.245 e. The number of rotatable bonds is 4. The molecular weight excluding hydrogens is 302 g/mol. The van der Waals surface area contributed by atoms with Crippen LogP contribution in [0, 0.1) is 13.8 Å². The lowest BCUT2D eigenvalue weighted by Crippen LogP contribution is -2.44. The average molecular weight is 327 g/mol. The van der Waals surface area contributed by atoms with E-state index in [2.05, 4.69) is 37.0 Å². The fraction of sp³-hybridized carbons (Fsp3) is 0.474. The Bertz CT molecular complexity index is 689. The summed E-state index contributed by atoms with van der Waals surface area (Å²) in [4.78, 5) is 18.6. The Kier molecular flexibility index (Phi) is 4.88. The highest BCUT2D eigenvalue weighted by Gasteiger charge is 2.27. The molecule has 0 aliphatic carbocycles. The van der Waals surface area contributed by atoms with Gasteiger partial charge < -0.3 is 14.2 Å². The summed E-state index contributed by atoms with van der Waals surface area (Å²) in [6.45, 7) is 7.55. The summed E-state index contributed by atoms with van der Waals surface area (Å²) in [5.41, 5.74) is 2.37. The predicted octanol–water partition coefficient (Wildman–Crippen LogP) is 3.13. The first kappa shape index (κ1) is 16.6. The van der Waals surface area contributed by atoms with Gasteiger partial charge in [0.1, 0.15) is 17.9 Å². The topological polar surface area (TPSA) is 47.4 Å². The van der Waals surface area contributed by atoms with Crippen LogP contribution in [0.2, 0.25) is 0 Å². The van der Waals surface area contributed by atoms with Crippen LogP contribution in [0.3, 0.4) is 0 Å². The van der Waals surface area contributed by atoms with Gasteiger partial charge in [0.05, 0.1) is 6.33 Å². The number of carbonyl (C=O) groups is 1. The summed E-state index contributed by atoms with van der Waals surface area (Å²) in [6, 6.07) is 6.08. The van der Waals surface area contributed by atoms with E-state index in [0.29, 0.717) is 0 Å². The predicted molar refractivity (Wildman–Crippen MR) is 93.1 cm³/mol. The van der Waals surface area contributed by atoms with Crippen LogP contribution in [0.25, 0.3) is 0 Å². The van der Waals surface area contributed by atoms with E-state index in [0.717, 1.165) is 37.2 Å². The van der Waals surface area contributed by atoms with Gasteiger partial charge in [-0.15, -0.1) is 0 Å². The molecule has 24 heavy (non-hydrogen) atoms. The molecule has 2 aromatic rings. The highest BCUT2D eigenvalue weighted by Crippen LogP contribution is 2.24. The van der Waals surface area contributed by atoms with E-state index in [4.69, 9.17) is 4.74 Å². The number of ether oxygens (including phenoxy) is 1. The van der Waals surface area contributed by atoms with Gasteiger partial charge in [-0.1, -0.05) is 12.1 Å². The first-order chi connectivity index (χ1) is 11.5. The maximum atomic E-state index is 12.6. The van der Waals surface area contributed by atoms with Crippen molar-refractivity contribution in [3.63, 3.8) is 0 Å². The molecule has 0 N–H and O–H groups in total. The normalized spacial score (nSPS) is 16.9. The molecule has 0 radical (unpaired) electrons. The second-order valence-electron chi connectivity index (χ2n) is 6.60. The van der Waals surface area contributed by atoms with Crippen molar-refractivity contribution in [1.82, 2.24) is 14.5 Å². The van der Waals surface area contributed by atoms with Gasteiger partial charge in [-0.25, -0.2) is 4.98 Å². The lowest BCUT2D eigenvalue weighted by Gasteiger charge is -2.34. The van der Waals surface area contributed by atoms with Crippen LogP contribution in [0.1, 0.15) is 36.9 Å². The number of hydrogen-bond acceptors (Lipinski definition) is 3. The van der Waals surface area contributed by atoms with Crippen molar-refractivity contribution in [3.05, 3.63) is 48.0 Å². The van der Waals surface area contributed by atoms with Gasteiger partial charge in [0.25, 0.3) is 0 Å². The van der Waals surface area contributed by atoms with E-state index in [1.54, 1.807) is 12.5 Å². The number of benzene rings is 1. The second-order valence-corrected chi connectivity index (χ2v) is 6.60. The van der Waals surface area contributed by atoms with Crippen molar-refractivity contribution in [3.8, 4) is 5.75 Å². The molecule has 1 atom stereocenters. The zero-order valence-corrected chi connectivity index (χ0v) is 14.6. The SMILES string of the molecule is Cc1ccc(C)c(OC2CCN(C(=O)C(C)n3ccnc3)CC2)c1. The fourth-order valence-corrected chi connectivity index (χ4v) is 3.10. The van der Waals surface area contributed by atoms with E-state index in [1.807, 2.05) is 22.6 Å². The minimum atomic E-state index is -0.205. The third kappa shape index (κ3) is 3.61. The molecule has 128 valence electrons. The van der Waals surface area contributed by atoms with E-state index < -0.39 is 0 Å². The Labute approximate surface area is 143 Å². The molecule has 1 aromatic carbocycles. The summed E-state index contributed by atoms with van der Waals surface area (Å²) < 4.78 is 8.02. The minimum absolute atomic E-state index is 0.151. The minimum Gasteiger partial charge on any atom is -0.490 e. The van der Waals surface area contributed by atoms with Gasteiger partial charge in [-0.3, -0.25) is 4.79 Å².